The maximum atomic E-state index is 14.2. The van der Waals surface area contributed by atoms with Gasteiger partial charge in [0.05, 0.1) is 44.5 Å². The number of alkyl halides is 24. The van der Waals surface area contributed by atoms with Crippen molar-refractivity contribution in [2.45, 2.75) is 114 Å². The van der Waals surface area contributed by atoms with Gasteiger partial charge in [-0.05, 0) is 54.8 Å². The van der Waals surface area contributed by atoms with E-state index in [4.69, 9.17) is 4.18 Å². The van der Waals surface area contributed by atoms with Crippen molar-refractivity contribution in [2.24, 2.45) is 0 Å². The summed E-state index contributed by atoms with van der Waals surface area (Å²) < 4.78 is 347. The van der Waals surface area contributed by atoms with Crippen molar-refractivity contribution in [3.8, 4) is 5.75 Å². The molecular weight excluding hydrogens is 1120 g/mol. The zero-order valence-corrected chi connectivity index (χ0v) is 40.9. The summed E-state index contributed by atoms with van der Waals surface area (Å²) in [5.41, 5.74) is -28.8. The Morgan fingerprint density at radius 2 is 0.545 bits per heavy atom. The van der Waals surface area contributed by atoms with Gasteiger partial charge in [0.1, 0.15) is 18.7 Å². The van der Waals surface area contributed by atoms with E-state index in [0.29, 0.717) is 0 Å². The average molecular weight is 1160 g/mol. The van der Waals surface area contributed by atoms with E-state index in [2.05, 4.69) is 43.7 Å². The van der Waals surface area contributed by atoms with Gasteiger partial charge in [-0.15, -0.1) is 0 Å². The molecule has 0 aliphatic heterocycles. The molecule has 0 aliphatic carbocycles. The molecule has 0 spiro atoms. The fourth-order valence-electron chi connectivity index (χ4n) is 8.44. The lowest BCUT2D eigenvalue weighted by Crippen LogP contribution is -2.75. The summed E-state index contributed by atoms with van der Waals surface area (Å²) in [7, 11) is 0. The van der Waals surface area contributed by atoms with Gasteiger partial charge in [-0.3, -0.25) is 4.18 Å². The van der Waals surface area contributed by atoms with E-state index in [1.165, 1.54) is 63.4 Å². The highest BCUT2D eigenvalue weighted by atomic mass is 32.2. The highest BCUT2D eigenvalue weighted by Gasteiger charge is 2.47. The molecule has 0 atom stereocenters. The van der Waals surface area contributed by atoms with E-state index in [9.17, 15) is 105 Å². The maximum absolute atomic E-state index is 14.2. The topological polar surface area (TPSA) is 9.23 Å². The van der Waals surface area contributed by atoms with Crippen molar-refractivity contribution in [3.05, 3.63) is 147 Å². The zero-order valence-electron chi connectivity index (χ0n) is 40.1. The fraction of sp³-hybridized carbons (Fsp3) is 0.400. The fourth-order valence-corrected chi connectivity index (χ4v) is 8.93. The van der Waals surface area contributed by atoms with E-state index < -0.39 is 195 Å². The summed E-state index contributed by atoms with van der Waals surface area (Å²) in [5, 5.41) is 0. The van der Waals surface area contributed by atoms with Crippen molar-refractivity contribution in [2.75, 3.05) is 12.5 Å². The Morgan fingerprint density at radius 1 is 0.325 bits per heavy atom. The van der Waals surface area contributed by atoms with Gasteiger partial charge < -0.3 is 0 Å². The molecular formula is C50H43BF24OS. The third-order valence-electron chi connectivity index (χ3n) is 11.9. The second-order valence-corrected chi connectivity index (χ2v) is 19.6. The average Bonchev–Trinajstić information content (AvgIpc) is 3.28. The highest BCUT2D eigenvalue weighted by molar-refractivity contribution is 7.91. The SMILES string of the molecule is CCCCCCCCCCc1ccc(O[S+](C)C)cc1.FC(F)(F)c1cc([B-](c2cc(C(F)(F)F)cc(C(F)(F)F)c2)(c2cc(C(F)(F)F)cc(C(F)(F)F)c2)c2cc(C(F)(F)F)cc(C(F)(F)F)c2)cc(C(F)(F)F)c1. The quantitative estimate of drug-likeness (QED) is 0.0439. The van der Waals surface area contributed by atoms with Crippen LogP contribution in [-0.4, -0.2) is 18.7 Å². The minimum atomic E-state index is -6.13. The standard InChI is InChI=1S/C32H12BF24.C18H31OS/c34-25(35,36)13-1-14(26(37,38)39)6-21(5-13)33(22-7-15(27(40,41)42)2-16(8-22)28(43,44)45,23-9-17(29(46,47)48)3-18(10-23)30(49,50)51)24-11-19(31(52,53)54)4-20(12-24)32(55,56)57;1-4-5-6-7-8-9-10-11-12-17-13-15-18(16-14-17)19-20(2)3/h1-12H;13-16H,4-12H2,1-3H3/q-1;+1. The van der Waals surface area contributed by atoms with Crippen LogP contribution in [-0.2, 0) is 67.0 Å². The molecule has 1 nitrogen and oxygen atoms in total. The predicted octanol–water partition coefficient (Wildman–Crippen LogP) is 16.8. The van der Waals surface area contributed by atoms with Gasteiger partial charge in [-0.1, -0.05) is 113 Å². The molecule has 0 unspecified atom stereocenters. The van der Waals surface area contributed by atoms with E-state index >= 15 is 0 Å². The number of benzene rings is 5. The molecule has 0 heterocycles. The minimum Gasteiger partial charge on any atom is -0.287 e. The Hall–Kier alpha value is -5.37. The molecule has 77 heavy (non-hydrogen) atoms. The van der Waals surface area contributed by atoms with Crippen LogP contribution in [0.5, 0.6) is 5.75 Å². The maximum Gasteiger partial charge on any atom is 0.416 e. The third-order valence-corrected chi connectivity index (χ3v) is 12.5. The first-order valence-electron chi connectivity index (χ1n) is 22.7. The van der Waals surface area contributed by atoms with Crippen LogP contribution in [0.25, 0.3) is 0 Å². The molecule has 5 aromatic carbocycles. The second kappa shape index (κ2) is 23.9. The highest BCUT2D eigenvalue weighted by Crippen LogP contribution is 2.41. The van der Waals surface area contributed by atoms with E-state index in [0.717, 1.165) is 5.75 Å². The number of hydrogen-bond acceptors (Lipinski definition) is 1. The van der Waals surface area contributed by atoms with Crippen LogP contribution in [0.2, 0.25) is 0 Å². The molecule has 5 rings (SSSR count). The lowest BCUT2D eigenvalue weighted by Gasteiger charge is -2.46. The molecule has 0 aliphatic rings. The Labute approximate surface area is 427 Å². The van der Waals surface area contributed by atoms with Crippen LogP contribution in [0.3, 0.4) is 0 Å². The van der Waals surface area contributed by atoms with Crippen LogP contribution in [0.4, 0.5) is 105 Å². The molecule has 0 saturated carbocycles. The van der Waals surface area contributed by atoms with Gasteiger partial charge >= 0.3 is 49.4 Å². The first kappa shape index (κ1) is 64.2. The molecule has 0 N–H and O–H groups in total. The molecule has 5 aromatic rings. The number of hydrogen-bond donors (Lipinski definition) is 0. The lowest BCUT2D eigenvalue weighted by atomic mass is 9.12. The van der Waals surface area contributed by atoms with Gasteiger partial charge in [-0.2, -0.15) is 127 Å². The normalized spacial score (nSPS) is 13.5. The van der Waals surface area contributed by atoms with Crippen LogP contribution >= 0.6 is 0 Å². The number of rotatable bonds is 15. The van der Waals surface area contributed by atoms with E-state index in [1.54, 1.807) is 0 Å². The monoisotopic (exact) mass is 1160 g/mol. The first-order chi connectivity index (χ1) is 35.0. The summed E-state index contributed by atoms with van der Waals surface area (Å²) in [5.74, 6) is 0.998. The van der Waals surface area contributed by atoms with Crippen molar-refractivity contribution < 1.29 is 110 Å². The molecule has 0 amide bonds. The Balaban J connectivity index is 0.000000536. The molecule has 0 radical (unpaired) electrons. The van der Waals surface area contributed by atoms with Gasteiger partial charge in [-0.25, -0.2) is 0 Å². The van der Waals surface area contributed by atoms with Crippen molar-refractivity contribution in [3.63, 3.8) is 0 Å². The predicted molar refractivity (Wildman–Crippen MR) is 243 cm³/mol. The number of halogens is 24. The number of unbranched alkanes of at least 4 members (excludes halogenated alkanes) is 7. The van der Waals surface area contributed by atoms with Crippen molar-refractivity contribution in [1.29, 1.82) is 0 Å². The zero-order chi connectivity index (χ0) is 58.5. The van der Waals surface area contributed by atoms with Crippen LogP contribution in [0.15, 0.2) is 97.1 Å². The molecule has 426 valence electrons. The van der Waals surface area contributed by atoms with Gasteiger partial charge in [0.2, 0.25) is 0 Å². The van der Waals surface area contributed by atoms with E-state index in [-0.39, 0.29) is 11.2 Å². The largest absolute Gasteiger partial charge is 0.416 e. The van der Waals surface area contributed by atoms with Gasteiger partial charge in [0.25, 0.3) is 0 Å². The smallest absolute Gasteiger partial charge is 0.287 e. The van der Waals surface area contributed by atoms with Crippen LogP contribution < -0.4 is 26.0 Å². The summed E-state index contributed by atoms with van der Waals surface area (Å²) in [6, 6.07) is -0.178. The van der Waals surface area contributed by atoms with Gasteiger partial charge in [0, 0.05) is 0 Å². The van der Waals surface area contributed by atoms with Gasteiger partial charge in [0.15, 0.2) is 16.9 Å². The minimum absolute atomic E-state index is 0.0149. The first-order valence-corrected chi connectivity index (χ1v) is 24.7. The Kier molecular flexibility index (Phi) is 19.9. The number of aryl methyl sites for hydroxylation is 1. The van der Waals surface area contributed by atoms with Crippen LogP contribution in [0, 0.1) is 0 Å². The summed E-state index contributed by atoms with van der Waals surface area (Å²) >= 11 is 0.0149. The molecule has 0 bridgehead atoms. The van der Waals surface area contributed by atoms with Crippen molar-refractivity contribution >= 4 is 39.2 Å². The van der Waals surface area contributed by atoms with Crippen molar-refractivity contribution in [1.82, 2.24) is 0 Å². The Morgan fingerprint density at radius 3 is 0.753 bits per heavy atom. The third kappa shape index (κ3) is 17.3. The second-order valence-electron chi connectivity index (χ2n) is 17.9. The van der Waals surface area contributed by atoms with E-state index in [1.807, 2.05) is 0 Å². The molecule has 0 fully saturated rings. The Bertz CT molecular complexity index is 2300. The lowest BCUT2D eigenvalue weighted by molar-refractivity contribution is -0.144. The molecule has 0 aromatic heterocycles. The molecule has 27 heteroatoms. The van der Waals surface area contributed by atoms with Crippen LogP contribution in [0.1, 0.15) is 108 Å². The summed E-state index contributed by atoms with van der Waals surface area (Å²) in [4.78, 5) is 0. The summed E-state index contributed by atoms with van der Waals surface area (Å²) in [6.07, 6.45) is -38.3. The molecule has 0 saturated heterocycles. The summed E-state index contributed by atoms with van der Waals surface area (Å²) in [6.45, 7) is 2.28.